The van der Waals surface area contributed by atoms with Crippen molar-refractivity contribution in [3.8, 4) is 5.75 Å². The number of nitrogens with zero attached hydrogens (tertiary/aromatic N) is 3. The molecule has 0 spiro atoms. The van der Waals surface area contributed by atoms with Gasteiger partial charge in [-0.05, 0) is 20.3 Å². The lowest BCUT2D eigenvalue weighted by molar-refractivity contribution is 0.173. The first-order chi connectivity index (χ1) is 9.56. The lowest BCUT2D eigenvalue weighted by Gasteiger charge is -2.12. The van der Waals surface area contributed by atoms with E-state index < -0.39 is 6.10 Å². The second-order valence-electron chi connectivity index (χ2n) is 4.94. The van der Waals surface area contributed by atoms with E-state index in [9.17, 15) is 5.11 Å². The van der Waals surface area contributed by atoms with Crippen LogP contribution >= 0.6 is 0 Å². The second kappa shape index (κ2) is 6.05. The first-order valence-electron chi connectivity index (χ1n) is 6.76. The molecule has 108 valence electrons. The SMILES string of the molecule is CCC(O)c1cnn(Cc2ncc(C)c(OC)c2C)c1. The Balaban J connectivity index is 2.24. The fourth-order valence-electron chi connectivity index (χ4n) is 2.26. The van der Waals surface area contributed by atoms with Crippen molar-refractivity contribution in [2.75, 3.05) is 7.11 Å². The summed E-state index contributed by atoms with van der Waals surface area (Å²) in [5.74, 6) is 0.871. The van der Waals surface area contributed by atoms with Crippen LogP contribution in [-0.2, 0) is 6.54 Å². The predicted molar refractivity (Wildman–Crippen MR) is 76.8 cm³/mol. The third kappa shape index (κ3) is 2.82. The van der Waals surface area contributed by atoms with Crippen molar-refractivity contribution in [3.63, 3.8) is 0 Å². The maximum absolute atomic E-state index is 9.79. The monoisotopic (exact) mass is 275 g/mol. The summed E-state index contributed by atoms with van der Waals surface area (Å²) in [4.78, 5) is 4.45. The molecule has 0 saturated heterocycles. The summed E-state index contributed by atoms with van der Waals surface area (Å²) >= 11 is 0. The summed E-state index contributed by atoms with van der Waals surface area (Å²) in [5.41, 5.74) is 3.81. The Morgan fingerprint density at radius 2 is 2.10 bits per heavy atom. The largest absolute Gasteiger partial charge is 0.496 e. The molecule has 5 heteroatoms. The molecule has 1 N–H and O–H groups in total. The zero-order valence-electron chi connectivity index (χ0n) is 12.4. The van der Waals surface area contributed by atoms with Gasteiger partial charge in [0.1, 0.15) is 5.75 Å². The minimum Gasteiger partial charge on any atom is -0.496 e. The van der Waals surface area contributed by atoms with Crippen molar-refractivity contribution >= 4 is 0 Å². The summed E-state index contributed by atoms with van der Waals surface area (Å²) < 4.78 is 7.20. The molecule has 0 aromatic carbocycles. The molecule has 2 aromatic rings. The summed E-state index contributed by atoms with van der Waals surface area (Å²) in [6, 6.07) is 0. The number of aliphatic hydroxyl groups excluding tert-OH is 1. The van der Waals surface area contributed by atoms with Gasteiger partial charge in [-0.2, -0.15) is 5.10 Å². The highest BCUT2D eigenvalue weighted by molar-refractivity contribution is 5.41. The fraction of sp³-hybridized carbons (Fsp3) is 0.467. The minimum atomic E-state index is -0.453. The Hall–Kier alpha value is -1.88. The number of hydrogen-bond acceptors (Lipinski definition) is 4. The lowest BCUT2D eigenvalue weighted by atomic mass is 10.1. The number of aromatic nitrogens is 3. The van der Waals surface area contributed by atoms with E-state index in [2.05, 4.69) is 10.1 Å². The van der Waals surface area contributed by atoms with Crippen LogP contribution in [0.3, 0.4) is 0 Å². The van der Waals surface area contributed by atoms with Crippen molar-refractivity contribution < 1.29 is 9.84 Å². The molecule has 0 radical (unpaired) electrons. The van der Waals surface area contributed by atoms with Gasteiger partial charge < -0.3 is 9.84 Å². The van der Waals surface area contributed by atoms with Crippen LogP contribution in [0.4, 0.5) is 0 Å². The number of rotatable bonds is 5. The van der Waals surface area contributed by atoms with Crippen LogP contribution in [0.1, 0.15) is 41.8 Å². The average Bonchev–Trinajstić information content (AvgIpc) is 2.90. The molecule has 5 nitrogen and oxygen atoms in total. The van der Waals surface area contributed by atoms with Gasteiger partial charge in [0.2, 0.25) is 0 Å². The maximum atomic E-state index is 9.79. The summed E-state index contributed by atoms with van der Waals surface area (Å²) in [6.45, 7) is 6.49. The van der Waals surface area contributed by atoms with Gasteiger partial charge in [0, 0.05) is 29.1 Å². The predicted octanol–water partition coefficient (Wildman–Crippen LogP) is 2.40. The molecule has 0 aliphatic heterocycles. The van der Waals surface area contributed by atoms with Gasteiger partial charge in [0.15, 0.2) is 0 Å². The van der Waals surface area contributed by atoms with Crippen LogP contribution in [0, 0.1) is 13.8 Å². The van der Waals surface area contributed by atoms with Gasteiger partial charge in [-0.1, -0.05) is 6.92 Å². The van der Waals surface area contributed by atoms with E-state index in [1.165, 1.54) is 0 Å². The number of methoxy groups -OCH3 is 1. The van der Waals surface area contributed by atoms with E-state index in [1.54, 1.807) is 18.0 Å². The van der Waals surface area contributed by atoms with Crippen molar-refractivity contribution in [2.24, 2.45) is 0 Å². The summed E-state index contributed by atoms with van der Waals surface area (Å²) in [5, 5.41) is 14.1. The normalized spacial score (nSPS) is 12.4. The highest BCUT2D eigenvalue weighted by Crippen LogP contribution is 2.24. The zero-order valence-corrected chi connectivity index (χ0v) is 12.4. The van der Waals surface area contributed by atoms with Crippen LogP contribution in [0.2, 0.25) is 0 Å². The molecule has 2 rings (SSSR count). The molecular weight excluding hydrogens is 254 g/mol. The number of hydrogen-bond donors (Lipinski definition) is 1. The topological polar surface area (TPSA) is 60.2 Å². The van der Waals surface area contributed by atoms with E-state index in [4.69, 9.17) is 4.74 Å². The number of aryl methyl sites for hydroxylation is 1. The third-order valence-electron chi connectivity index (χ3n) is 3.49. The third-order valence-corrected chi connectivity index (χ3v) is 3.49. The van der Waals surface area contributed by atoms with Gasteiger partial charge in [0.25, 0.3) is 0 Å². The van der Waals surface area contributed by atoms with Crippen LogP contribution in [-0.4, -0.2) is 27.0 Å². The standard InChI is InChI=1S/C15H21N3O2/c1-5-14(19)12-7-17-18(8-12)9-13-11(3)15(20-4)10(2)6-16-13/h6-8,14,19H,5,9H2,1-4H3. The molecule has 0 saturated carbocycles. The average molecular weight is 275 g/mol. The highest BCUT2D eigenvalue weighted by Gasteiger charge is 2.12. The van der Waals surface area contributed by atoms with Gasteiger partial charge >= 0.3 is 0 Å². The lowest BCUT2D eigenvalue weighted by Crippen LogP contribution is -2.06. The second-order valence-corrected chi connectivity index (χ2v) is 4.94. The van der Waals surface area contributed by atoms with Crippen molar-refractivity contribution in [1.82, 2.24) is 14.8 Å². The molecule has 0 aliphatic rings. The van der Waals surface area contributed by atoms with Crippen molar-refractivity contribution in [1.29, 1.82) is 0 Å². The van der Waals surface area contributed by atoms with E-state index in [0.717, 1.165) is 28.1 Å². The Morgan fingerprint density at radius 1 is 1.35 bits per heavy atom. The summed E-state index contributed by atoms with van der Waals surface area (Å²) in [6.07, 6.45) is 5.61. The Morgan fingerprint density at radius 3 is 2.75 bits per heavy atom. The van der Waals surface area contributed by atoms with Crippen molar-refractivity contribution in [2.45, 2.75) is 39.8 Å². The number of aliphatic hydroxyl groups is 1. The Labute approximate surface area is 119 Å². The number of pyridine rings is 1. The van der Waals surface area contributed by atoms with Crippen LogP contribution < -0.4 is 4.74 Å². The van der Waals surface area contributed by atoms with Crippen LogP contribution in [0.15, 0.2) is 18.6 Å². The van der Waals surface area contributed by atoms with Gasteiger partial charge in [-0.15, -0.1) is 0 Å². The van der Waals surface area contributed by atoms with Crippen LogP contribution in [0.5, 0.6) is 5.75 Å². The van der Waals surface area contributed by atoms with E-state index in [1.807, 2.05) is 33.2 Å². The molecule has 1 atom stereocenters. The zero-order chi connectivity index (χ0) is 14.7. The molecule has 2 heterocycles. The van der Waals surface area contributed by atoms with E-state index in [-0.39, 0.29) is 0 Å². The quantitative estimate of drug-likeness (QED) is 0.910. The smallest absolute Gasteiger partial charge is 0.128 e. The van der Waals surface area contributed by atoms with Gasteiger partial charge in [-0.3, -0.25) is 9.67 Å². The molecule has 2 aromatic heterocycles. The van der Waals surface area contributed by atoms with E-state index in [0.29, 0.717) is 13.0 Å². The van der Waals surface area contributed by atoms with Gasteiger partial charge in [-0.25, -0.2) is 0 Å². The minimum absolute atomic E-state index is 0.453. The number of ether oxygens (including phenoxy) is 1. The molecule has 0 fully saturated rings. The Bertz CT molecular complexity index is 593. The van der Waals surface area contributed by atoms with E-state index >= 15 is 0 Å². The molecule has 20 heavy (non-hydrogen) atoms. The molecule has 0 amide bonds. The van der Waals surface area contributed by atoms with Crippen LogP contribution in [0.25, 0.3) is 0 Å². The first kappa shape index (κ1) is 14.5. The highest BCUT2D eigenvalue weighted by atomic mass is 16.5. The maximum Gasteiger partial charge on any atom is 0.128 e. The summed E-state index contributed by atoms with van der Waals surface area (Å²) in [7, 11) is 1.67. The first-order valence-corrected chi connectivity index (χ1v) is 6.76. The molecule has 1 unspecified atom stereocenters. The van der Waals surface area contributed by atoms with Crippen molar-refractivity contribution in [3.05, 3.63) is 41.0 Å². The van der Waals surface area contributed by atoms with Gasteiger partial charge in [0.05, 0.1) is 31.6 Å². The molecule has 0 bridgehead atoms. The molecule has 0 aliphatic carbocycles. The fourth-order valence-corrected chi connectivity index (χ4v) is 2.26. The Kier molecular flexibility index (Phi) is 4.39. The molecular formula is C15H21N3O2.